The molecule has 1 saturated heterocycles. The van der Waals surface area contributed by atoms with E-state index in [1.165, 1.54) is 18.7 Å². The number of thioether (sulfide) groups is 1. The van der Waals surface area contributed by atoms with Crippen molar-refractivity contribution in [3.63, 3.8) is 0 Å². The van der Waals surface area contributed by atoms with Gasteiger partial charge in [0.1, 0.15) is 5.82 Å². The number of aliphatic imine (C=N–C) groups is 1. The number of ketones is 1. The van der Waals surface area contributed by atoms with Crippen LogP contribution in [-0.4, -0.2) is 26.4 Å². The number of rotatable bonds is 3. The Morgan fingerprint density at radius 3 is 2.81 bits per heavy atom. The molecule has 6 nitrogen and oxygen atoms in total. The van der Waals surface area contributed by atoms with Crippen LogP contribution in [0.5, 0.6) is 0 Å². The van der Waals surface area contributed by atoms with Crippen LogP contribution in [0, 0.1) is 0 Å². The van der Waals surface area contributed by atoms with Gasteiger partial charge in [0, 0.05) is 18.7 Å². The number of nitrogens with zero attached hydrogens (tertiary/aromatic N) is 3. The highest BCUT2D eigenvalue weighted by Gasteiger charge is 2.24. The number of benzene rings is 2. The first-order chi connectivity index (χ1) is 13.0. The molecule has 1 N–H and O–H groups in total. The molecule has 2 heterocycles. The van der Waals surface area contributed by atoms with Crippen LogP contribution in [0.4, 0.5) is 5.69 Å². The van der Waals surface area contributed by atoms with Crippen LogP contribution in [0.2, 0.25) is 0 Å². The molecule has 3 aromatic rings. The van der Waals surface area contributed by atoms with Gasteiger partial charge >= 0.3 is 0 Å². The lowest BCUT2D eigenvalue weighted by Gasteiger charge is -1.99. The van der Waals surface area contributed by atoms with Crippen molar-refractivity contribution in [3.8, 4) is 0 Å². The number of aryl methyl sites for hydroxylation is 1. The Bertz CT molecular complexity index is 1140. The average Bonchev–Trinajstić information content (AvgIpc) is 3.15. The standard InChI is InChI=1S/C20H16N4O2S/c1-12(25)13-6-5-7-14(10-13)21-20-23-19(26)17(27-20)11-18-22-15-8-3-4-9-16(15)24(18)2/h3-11H,1-2H3,(H,21,23,26). The average molecular weight is 376 g/mol. The van der Waals surface area contributed by atoms with Crippen LogP contribution < -0.4 is 5.32 Å². The van der Waals surface area contributed by atoms with Crippen LogP contribution in [0.3, 0.4) is 0 Å². The van der Waals surface area contributed by atoms with E-state index in [1.807, 2.05) is 35.9 Å². The van der Waals surface area contributed by atoms with Crippen molar-refractivity contribution in [1.82, 2.24) is 14.9 Å². The van der Waals surface area contributed by atoms with Gasteiger partial charge in [-0.3, -0.25) is 9.59 Å². The number of carbonyl (C=O) groups excluding carboxylic acids is 2. The number of fused-ring (bicyclic) bond motifs is 1. The van der Waals surface area contributed by atoms with Crippen molar-refractivity contribution >= 4 is 51.4 Å². The second-order valence-corrected chi connectivity index (χ2v) is 7.14. The summed E-state index contributed by atoms with van der Waals surface area (Å²) in [5, 5.41) is 3.24. The molecule has 1 aliphatic rings. The normalized spacial score (nSPS) is 17.0. The number of imidazole rings is 1. The van der Waals surface area contributed by atoms with E-state index in [1.54, 1.807) is 30.3 Å². The molecule has 134 valence electrons. The Balaban J connectivity index is 1.64. The first-order valence-electron chi connectivity index (χ1n) is 8.33. The van der Waals surface area contributed by atoms with Crippen LogP contribution >= 0.6 is 11.8 Å². The minimum absolute atomic E-state index is 0.0254. The number of carbonyl (C=O) groups is 2. The Kier molecular flexibility index (Phi) is 4.37. The van der Waals surface area contributed by atoms with Gasteiger partial charge in [0.25, 0.3) is 5.91 Å². The molecule has 1 aromatic heterocycles. The van der Waals surface area contributed by atoms with Gasteiger partial charge in [0.2, 0.25) is 0 Å². The second kappa shape index (κ2) is 6.85. The van der Waals surface area contributed by atoms with Gasteiger partial charge in [-0.1, -0.05) is 24.3 Å². The topological polar surface area (TPSA) is 76.3 Å². The molecular weight excluding hydrogens is 360 g/mol. The van der Waals surface area contributed by atoms with Gasteiger partial charge in [-0.05, 0) is 43.0 Å². The smallest absolute Gasteiger partial charge is 0.264 e. The Labute approximate surface area is 160 Å². The summed E-state index contributed by atoms with van der Waals surface area (Å²) < 4.78 is 1.95. The third-order valence-corrected chi connectivity index (χ3v) is 5.13. The first kappa shape index (κ1) is 17.2. The third-order valence-electron chi connectivity index (χ3n) is 4.22. The number of aromatic nitrogens is 2. The van der Waals surface area contributed by atoms with E-state index in [-0.39, 0.29) is 11.7 Å². The van der Waals surface area contributed by atoms with E-state index in [0.717, 1.165) is 11.0 Å². The predicted molar refractivity (Wildman–Crippen MR) is 108 cm³/mol. The summed E-state index contributed by atoms with van der Waals surface area (Å²) in [7, 11) is 1.92. The molecule has 7 heteroatoms. The quantitative estimate of drug-likeness (QED) is 0.559. The molecule has 0 bridgehead atoms. The monoisotopic (exact) mass is 376 g/mol. The molecule has 1 aliphatic heterocycles. The summed E-state index contributed by atoms with van der Waals surface area (Å²) in [6.45, 7) is 1.51. The largest absolute Gasteiger partial charge is 0.328 e. The van der Waals surface area contributed by atoms with Crippen LogP contribution in [0.25, 0.3) is 17.1 Å². The Morgan fingerprint density at radius 1 is 1.22 bits per heavy atom. The maximum absolute atomic E-state index is 12.3. The summed E-state index contributed by atoms with van der Waals surface area (Å²) in [5.41, 5.74) is 3.09. The number of nitrogens with one attached hydrogen (secondary N) is 1. The van der Waals surface area contributed by atoms with Gasteiger partial charge in [-0.2, -0.15) is 0 Å². The zero-order valence-electron chi connectivity index (χ0n) is 14.8. The summed E-state index contributed by atoms with van der Waals surface area (Å²) in [4.78, 5) is 33.3. The highest BCUT2D eigenvalue weighted by atomic mass is 32.2. The fraction of sp³-hybridized carbons (Fsp3) is 0.100. The zero-order valence-corrected chi connectivity index (χ0v) is 15.6. The van der Waals surface area contributed by atoms with E-state index >= 15 is 0 Å². The molecular formula is C20H16N4O2S. The van der Waals surface area contributed by atoms with Gasteiger partial charge in [0.15, 0.2) is 11.0 Å². The van der Waals surface area contributed by atoms with E-state index in [2.05, 4.69) is 15.3 Å². The second-order valence-electron chi connectivity index (χ2n) is 6.11. The van der Waals surface area contributed by atoms with Crippen molar-refractivity contribution in [2.45, 2.75) is 6.92 Å². The molecule has 1 amide bonds. The number of hydrogen-bond donors (Lipinski definition) is 1. The molecule has 27 heavy (non-hydrogen) atoms. The van der Waals surface area contributed by atoms with Crippen LogP contribution in [0.1, 0.15) is 23.1 Å². The summed E-state index contributed by atoms with van der Waals surface area (Å²) >= 11 is 1.25. The molecule has 0 aliphatic carbocycles. The van der Waals surface area contributed by atoms with E-state index in [9.17, 15) is 9.59 Å². The Morgan fingerprint density at radius 2 is 2.04 bits per heavy atom. The minimum Gasteiger partial charge on any atom is -0.328 e. The van der Waals surface area contributed by atoms with Crippen molar-refractivity contribution < 1.29 is 9.59 Å². The van der Waals surface area contributed by atoms with Crippen molar-refractivity contribution in [2.24, 2.45) is 12.0 Å². The van der Waals surface area contributed by atoms with Crippen molar-refractivity contribution in [2.75, 3.05) is 0 Å². The third kappa shape index (κ3) is 3.41. The summed E-state index contributed by atoms with van der Waals surface area (Å²) in [5.74, 6) is 0.463. The number of amides is 1. The maximum Gasteiger partial charge on any atom is 0.264 e. The van der Waals surface area contributed by atoms with E-state index in [0.29, 0.717) is 27.1 Å². The van der Waals surface area contributed by atoms with Crippen LogP contribution in [0.15, 0.2) is 58.4 Å². The molecule has 2 aromatic carbocycles. The number of hydrogen-bond acceptors (Lipinski definition) is 5. The SMILES string of the molecule is CC(=O)c1cccc(N=C2NC(=O)C(=Cc3nc4ccccc4n3C)S2)c1. The predicted octanol–water partition coefficient (Wildman–Crippen LogP) is 3.67. The minimum atomic E-state index is -0.214. The van der Waals surface area contributed by atoms with Gasteiger partial charge in [0.05, 0.1) is 21.6 Å². The highest BCUT2D eigenvalue weighted by Crippen LogP contribution is 2.28. The molecule has 0 atom stereocenters. The lowest BCUT2D eigenvalue weighted by molar-refractivity contribution is -0.115. The molecule has 0 radical (unpaired) electrons. The number of Topliss-reactive ketones (excluding diaryl/α,β-unsaturated/α-hetero) is 1. The van der Waals surface area contributed by atoms with Crippen LogP contribution in [-0.2, 0) is 11.8 Å². The molecule has 1 fully saturated rings. The fourth-order valence-electron chi connectivity index (χ4n) is 2.80. The van der Waals surface area contributed by atoms with Gasteiger partial charge < -0.3 is 9.88 Å². The maximum atomic E-state index is 12.3. The summed E-state index contributed by atoms with van der Waals surface area (Å²) in [6.07, 6.45) is 1.76. The molecule has 0 unspecified atom stereocenters. The van der Waals surface area contributed by atoms with Gasteiger partial charge in [-0.15, -0.1) is 0 Å². The lowest BCUT2D eigenvalue weighted by atomic mass is 10.1. The first-order valence-corrected chi connectivity index (χ1v) is 9.15. The lowest BCUT2D eigenvalue weighted by Crippen LogP contribution is -2.19. The molecule has 0 spiro atoms. The number of para-hydroxylation sites is 2. The van der Waals surface area contributed by atoms with E-state index < -0.39 is 0 Å². The number of amidine groups is 1. The molecule has 4 rings (SSSR count). The van der Waals surface area contributed by atoms with Crippen molar-refractivity contribution in [3.05, 3.63) is 64.8 Å². The summed E-state index contributed by atoms with van der Waals surface area (Å²) in [6, 6.07) is 14.8. The fourth-order valence-corrected chi connectivity index (χ4v) is 3.61. The Hall–Kier alpha value is -3.19. The molecule has 0 saturated carbocycles. The van der Waals surface area contributed by atoms with Gasteiger partial charge in [-0.25, -0.2) is 9.98 Å². The zero-order chi connectivity index (χ0) is 19.0. The van der Waals surface area contributed by atoms with Crippen molar-refractivity contribution in [1.29, 1.82) is 0 Å². The van der Waals surface area contributed by atoms with E-state index in [4.69, 9.17) is 0 Å². The highest BCUT2D eigenvalue weighted by molar-refractivity contribution is 8.18.